The van der Waals surface area contributed by atoms with Gasteiger partial charge < -0.3 is 19.5 Å². The summed E-state index contributed by atoms with van der Waals surface area (Å²) in [4.78, 5) is 23.6. The van der Waals surface area contributed by atoms with Crippen LogP contribution in [-0.4, -0.2) is 38.7 Å². The van der Waals surface area contributed by atoms with E-state index in [-0.39, 0.29) is 25.5 Å². The number of carbonyl (C=O) groups excluding carboxylic acids is 2. The van der Waals surface area contributed by atoms with Crippen molar-refractivity contribution in [2.24, 2.45) is 0 Å². The zero-order chi connectivity index (χ0) is 21.1. The summed E-state index contributed by atoms with van der Waals surface area (Å²) in [6, 6.07) is 15.5. The van der Waals surface area contributed by atoms with Crippen molar-refractivity contribution in [3.05, 3.63) is 59.7 Å². The number of benzene rings is 2. The van der Waals surface area contributed by atoms with Gasteiger partial charge in [0.15, 0.2) is 18.1 Å². The van der Waals surface area contributed by atoms with E-state index in [4.69, 9.17) is 14.2 Å². The molecule has 0 unspecified atom stereocenters. The van der Waals surface area contributed by atoms with Crippen molar-refractivity contribution in [2.75, 3.05) is 26.9 Å². The average Bonchev–Trinajstić information content (AvgIpc) is 2.73. The van der Waals surface area contributed by atoms with E-state index in [1.807, 2.05) is 12.1 Å². The lowest BCUT2D eigenvalue weighted by atomic mass is 10.0. The highest BCUT2D eigenvalue weighted by Gasteiger charge is 2.09. The van der Waals surface area contributed by atoms with Gasteiger partial charge in [0.05, 0.1) is 20.1 Å². The molecule has 0 bridgehead atoms. The molecule has 6 heteroatoms. The van der Waals surface area contributed by atoms with E-state index < -0.39 is 5.97 Å². The van der Waals surface area contributed by atoms with Gasteiger partial charge in [0.25, 0.3) is 5.91 Å². The molecule has 0 aromatic heterocycles. The van der Waals surface area contributed by atoms with E-state index in [0.29, 0.717) is 24.0 Å². The van der Waals surface area contributed by atoms with Crippen LogP contribution >= 0.6 is 0 Å². The number of methoxy groups -OCH3 is 1. The Labute approximate surface area is 172 Å². The summed E-state index contributed by atoms with van der Waals surface area (Å²) in [5, 5.41) is 2.76. The zero-order valence-corrected chi connectivity index (χ0v) is 17.3. The number of esters is 1. The van der Waals surface area contributed by atoms with Crippen molar-refractivity contribution in [3.63, 3.8) is 0 Å². The molecule has 0 fully saturated rings. The molecule has 0 saturated carbocycles. The van der Waals surface area contributed by atoms with E-state index in [2.05, 4.69) is 43.4 Å². The zero-order valence-electron chi connectivity index (χ0n) is 17.3. The van der Waals surface area contributed by atoms with E-state index in [0.717, 1.165) is 12.0 Å². The molecule has 0 heterocycles. The van der Waals surface area contributed by atoms with Crippen molar-refractivity contribution in [1.29, 1.82) is 0 Å². The molecule has 29 heavy (non-hydrogen) atoms. The van der Waals surface area contributed by atoms with Crippen LogP contribution in [0.4, 0.5) is 0 Å². The van der Waals surface area contributed by atoms with Crippen LogP contribution in [0.15, 0.2) is 48.5 Å². The summed E-state index contributed by atoms with van der Waals surface area (Å²) in [6.07, 6.45) is 0.776. The Morgan fingerprint density at radius 1 is 1.00 bits per heavy atom. The molecule has 1 amide bonds. The van der Waals surface area contributed by atoms with Crippen LogP contribution in [-0.2, 0) is 20.7 Å². The van der Waals surface area contributed by atoms with Gasteiger partial charge in [0.1, 0.15) is 0 Å². The summed E-state index contributed by atoms with van der Waals surface area (Å²) < 4.78 is 15.7. The third-order valence-corrected chi connectivity index (χ3v) is 4.38. The normalized spacial score (nSPS) is 10.5. The summed E-state index contributed by atoms with van der Waals surface area (Å²) in [6.45, 7) is 4.66. The lowest BCUT2D eigenvalue weighted by Crippen LogP contribution is -2.30. The molecule has 0 atom stereocenters. The minimum absolute atomic E-state index is 0.0491. The van der Waals surface area contributed by atoms with Crippen LogP contribution in [0.3, 0.4) is 0 Å². The summed E-state index contributed by atoms with van der Waals surface area (Å²) in [5.74, 6) is 0.849. The molecule has 6 nitrogen and oxygen atoms in total. The molecule has 0 aliphatic rings. The molecule has 2 aromatic carbocycles. The lowest BCUT2D eigenvalue weighted by Gasteiger charge is -2.10. The second-order valence-corrected chi connectivity index (χ2v) is 6.91. The first-order valence-corrected chi connectivity index (χ1v) is 9.76. The number of nitrogens with one attached hydrogen (secondary N) is 1. The Kier molecular flexibility index (Phi) is 9.02. The van der Waals surface area contributed by atoms with Crippen molar-refractivity contribution >= 4 is 11.9 Å². The molecule has 0 spiro atoms. The van der Waals surface area contributed by atoms with Crippen molar-refractivity contribution in [3.8, 4) is 11.5 Å². The summed E-state index contributed by atoms with van der Waals surface area (Å²) in [7, 11) is 1.55. The van der Waals surface area contributed by atoms with Gasteiger partial charge in [-0.3, -0.25) is 9.59 Å². The Morgan fingerprint density at radius 2 is 1.69 bits per heavy atom. The standard InChI is InChI=1S/C23H29NO5/c1-17(2)19-10-8-18(9-11-19)12-14-24-22(25)16-29-23(26)13-15-28-21-7-5-4-6-20(21)27-3/h4-11,17H,12-16H2,1-3H3,(H,24,25). The van der Waals surface area contributed by atoms with Gasteiger partial charge in [-0.15, -0.1) is 0 Å². The highest BCUT2D eigenvalue weighted by molar-refractivity contribution is 5.80. The van der Waals surface area contributed by atoms with Crippen LogP contribution in [0.5, 0.6) is 11.5 Å². The number of carbonyl (C=O) groups is 2. The predicted octanol–water partition coefficient (Wildman–Crippen LogP) is 3.49. The van der Waals surface area contributed by atoms with Gasteiger partial charge in [-0.25, -0.2) is 0 Å². The fourth-order valence-electron chi connectivity index (χ4n) is 2.67. The van der Waals surface area contributed by atoms with Crippen LogP contribution < -0.4 is 14.8 Å². The molecule has 156 valence electrons. The van der Waals surface area contributed by atoms with E-state index >= 15 is 0 Å². The fourth-order valence-corrected chi connectivity index (χ4v) is 2.67. The van der Waals surface area contributed by atoms with Crippen LogP contribution in [0.1, 0.15) is 37.3 Å². The first-order chi connectivity index (χ1) is 14.0. The number of amides is 1. The molecule has 0 aliphatic heterocycles. The minimum atomic E-state index is -0.487. The smallest absolute Gasteiger partial charge is 0.309 e. The van der Waals surface area contributed by atoms with Gasteiger partial charge in [0.2, 0.25) is 0 Å². The van der Waals surface area contributed by atoms with Crippen LogP contribution in [0.2, 0.25) is 0 Å². The maximum atomic E-state index is 11.8. The fraction of sp³-hybridized carbons (Fsp3) is 0.391. The highest BCUT2D eigenvalue weighted by atomic mass is 16.5. The SMILES string of the molecule is COc1ccccc1OCCC(=O)OCC(=O)NCCc1ccc(C(C)C)cc1. The largest absolute Gasteiger partial charge is 0.493 e. The van der Waals surface area contributed by atoms with Gasteiger partial charge in [-0.1, -0.05) is 50.2 Å². The van der Waals surface area contributed by atoms with Crippen molar-refractivity contribution in [2.45, 2.75) is 32.6 Å². The average molecular weight is 399 g/mol. The monoisotopic (exact) mass is 399 g/mol. The maximum Gasteiger partial charge on any atom is 0.309 e. The second-order valence-electron chi connectivity index (χ2n) is 6.91. The first-order valence-electron chi connectivity index (χ1n) is 9.76. The Balaban J connectivity index is 1.60. The molecule has 1 N–H and O–H groups in total. The molecule has 0 aliphatic carbocycles. The number of ether oxygens (including phenoxy) is 3. The Hall–Kier alpha value is -3.02. The third-order valence-electron chi connectivity index (χ3n) is 4.38. The minimum Gasteiger partial charge on any atom is -0.493 e. The maximum absolute atomic E-state index is 11.8. The summed E-state index contributed by atoms with van der Waals surface area (Å²) >= 11 is 0. The summed E-state index contributed by atoms with van der Waals surface area (Å²) in [5.41, 5.74) is 2.44. The second kappa shape index (κ2) is 11.7. The Morgan fingerprint density at radius 3 is 2.34 bits per heavy atom. The van der Waals surface area contributed by atoms with Gasteiger partial charge in [-0.05, 0) is 35.6 Å². The van der Waals surface area contributed by atoms with E-state index in [9.17, 15) is 9.59 Å². The van der Waals surface area contributed by atoms with Crippen LogP contribution in [0, 0.1) is 0 Å². The quantitative estimate of drug-likeness (QED) is 0.586. The molecule has 2 aromatic rings. The first kappa shape index (κ1) is 22.3. The molecule has 2 rings (SSSR count). The highest BCUT2D eigenvalue weighted by Crippen LogP contribution is 2.25. The van der Waals surface area contributed by atoms with Gasteiger partial charge >= 0.3 is 5.97 Å². The van der Waals surface area contributed by atoms with Crippen molar-refractivity contribution < 1.29 is 23.8 Å². The van der Waals surface area contributed by atoms with Crippen LogP contribution in [0.25, 0.3) is 0 Å². The van der Waals surface area contributed by atoms with Gasteiger partial charge in [0, 0.05) is 6.54 Å². The number of hydrogen-bond donors (Lipinski definition) is 1. The number of hydrogen-bond acceptors (Lipinski definition) is 5. The van der Waals surface area contributed by atoms with Crippen molar-refractivity contribution in [1.82, 2.24) is 5.32 Å². The topological polar surface area (TPSA) is 73.9 Å². The van der Waals surface area contributed by atoms with Gasteiger partial charge in [-0.2, -0.15) is 0 Å². The molecular formula is C23H29NO5. The third kappa shape index (κ3) is 7.86. The Bertz CT molecular complexity index is 786. The lowest BCUT2D eigenvalue weighted by molar-refractivity contribution is -0.149. The number of rotatable bonds is 11. The molecular weight excluding hydrogens is 370 g/mol. The van der Waals surface area contributed by atoms with E-state index in [1.165, 1.54) is 5.56 Å². The number of para-hydroxylation sites is 2. The predicted molar refractivity (Wildman–Crippen MR) is 111 cm³/mol. The molecule has 0 saturated heterocycles. The molecule has 0 radical (unpaired) electrons. The van der Waals surface area contributed by atoms with E-state index in [1.54, 1.807) is 19.2 Å².